The smallest absolute Gasteiger partial charge is 0.243 e. The summed E-state index contributed by atoms with van der Waals surface area (Å²) in [6.45, 7) is 6.33. The Bertz CT molecular complexity index is 677. The Balaban J connectivity index is 1.52. The fraction of sp³-hybridized carbons (Fsp3) is 0.611. The average Bonchev–Trinajstić information content (AvgIpc) is 2.64. The number of piperazine rings is 1. The number of amides is 1. The first-order chi connectivity index (χ1) is 12.0. The van der Waals surface area contributed by atoms with Crippen LogP contribution in [0.1, 0.15) is 19.8 Å². The third kappa shape index (κ3) is 4.40. The Morgan fingerprint density at radius 1 is 1.00 bits per heavy atom. The molecule has 7 heteroatoms. The van der Waals surface area contributed by atoms with Gasteiger partial charge < -0.3 is 4.90 Å². The highest BCUT2D eigenvalue weighted by Gasteiger charge is 2.30. The number of sulfonamides is 1. The second-order valence-corrected chi connectivity index (χ2v) is 8.99. The van der Waals surface area contributed by atoms with Crippen molar-refractivity contribution in [3.8, 4) is 0 Å². The fourth-order valence-electron chi connectivity index (χ4n) is 3.43. The van der Waals surface area contributed by atoms with Gasteiger partial charge in [0, 0.05) is 26.2 Å². The quantitative estimate of drug-likeness (QED) is 0.806. The molecule has 0 saturated carbocycles. The van der Waals surface area contributed by atoms with E-state index in [1.54, 1.807) is 35.2 Å². The predicted molar refractivity (Wildman–Crippen MR) is 96.6 cm³/mol. The lowest BCUT2D eigenvalue weighted by atomic mass is 9.99. The van der Waals surface area contributed by atoms with Gasteiger partial charge in [0.05, 0.1) is 11.4 Å². The standard InChI is InChI=1S/C18H27N3O3S/c1-16-7-9-19(10-8-16)15-18(22)20-11-13-21(14-12-20)25(23,24)17-5-3-2-4-6-17/h2-6,16H,7-15H2,1H3. The van der Waals surface area contributed by atoms with Gasteiger partial charge in [0.2, 0.25) is 15.9 Å². The SMILES string of the molecule is CC1CCN(CC(=O)N2CCN(S(=O)(=O)c3ccccc3)CC2)CC1. The maximum absolute atomic E-state index is 12.6. The van der Waals surface area contributed by atoms with Crippen molar-refractivity contribution in [3.63, 3.8) is 0 Å². The summed E-state index contributed by atoms with van der Waals surface area (Å²) >= 11 is 0. The van der Waals surface area contributed by atoms with Crippen LogP contribution in [-0.2, 0) is 14.8 Å². The number of hydrogen-bond donors (Lipinski definition) is 0. The number of nitrogens with zero attached hydrogens (tertiary/aromatic N) is 3. The summed E-state index contributed by atoms with van der Waals surface area (Å²) in [5, 5.41) is 0. The molecule has 6 nitrogen and oxygen atoms in total. The van der Waals surface area contributed by atoms with Crippen LogP contribution in [0.4, 0.5) is 0 Å². The molecular weight excluding hydrogens is 338 g/mol. The first kappa shape index (κ1) is 18.4. The van der Waals surface area contributed by atoms with Crippen LogP contribution in [0.25, 0.3) is 0 Å². The first-order valence-corrected chi connectivity index (χ1v) is 10.5. The van der Waals surface area contributed by atoms with Gasteiger partial charge in [-0.05, 0) is 44.0 Å². The molecule has 1 aromatic rings. The Hall–Kier alpha value is -1.44. The van der Waals surface area contributed by atoms with E-state index in [1.807, 2.05) is 0 Å². The summed E-state index contributed by atoms with van der Waals surface area (Å²) in [4.78, 5) is 16.8. The minimum Gasteiger partial charge on any atom is -0.339 e. The molecule has 0 unspecified atom stereocenters. The lowest BCUT2D eigenvalue weighted by Gasteiger charge is -2.36. The van der Waals surface area contributed by atoms with E-state index < -0.39 is 10.0 Å². The second-order valence-electron chi connectivity index (χ2n) is 7.06. The average molecular weight is 365 g/mol. The van der Waals surface area contributed by atoms with Gasteiger partial charge in [-0.25, -0.2) is 8.42 Å². The minimum atomic E-state index is -3.46. The van der Waals surface area contributed by atoms with Crippen molar-refractivity contribution in [2.75, 3.05) is 45.8 Å². The van der Waals surface area contributed by atoms with Crippen LogP contribution in [0.15, 0.2) is 35.2 Å². The van der Waals surface area contributed by atoms with Crippen molar-refractivity contribution in [2.45, 2.75) is 24.7 Å². The highest BCUT2D eigenvalue weighted by molar-refractivity contribution is 7.89. The van der Waals surface area contributed by atoms with Gasteiger partial charge in [-0.1, -0.05) is 25.1 Å². The van der Waals surface area contributed by atoms with Gasteiger partial charge in [-0.2, -0.15) is 4.31 Å². The van der Waals surface area contributed by atoms with Crippen molar-refractivity contribution < 1.29 is 13.2 Å². The number of piperidine rings is 1. The first-order valence-electron chi connectivity index (χ1n) is 9.02. The summed E-state index contributed by atoms with van der Waals surface area (Å²) in [5.74, 6) is 0.865. The lowest BCUT2D eigenvalue weighted by molar-refractivity contribution is -0.133. The van der Waals surface area contributed by atoms with Gasteiger partial charge in [-0.15, -0.1) is 0 Å². The highest BCUT2D eigenvalue weighted by Crippen LogP contribution is 2.18. The van der Waals surface area contributed by atoms with Crippen LogP contribution in [-0.4, -0.2) is 74.2 Å². The van der Waals surface area contributed by atoms with Gasteiger partial charge in [-0.3, -0.25) is 9.69 Å². The van der Waals surface area contributed by atoms with Crippen molar-refractivity contribution in [2.24, 2.45) is 5.92 Å². The van der Waals surface area contributed by atoms with Crippen LogP contribution >= 0.6 is 0 Å². The lowest BCUT2D eigenvalue weighted by Crippen LogP contribution is -2.53. The number of benzene rings is 1. The van der Waals surface area contributed by atoms with E-state index in [0.717, 1.165) is 31.8 Å². The van der Waals surface area contributed by atoms with E-state index in [0.29, 0.717) is 37.6 Å². The van der Waals surface area contributed by atoms with E-state index in [4.69, 9.17) is 0 Å². The van der Waals surface area contributed by atoms with E-state index in [2.05, 4.69) is 11.8 Å². The number of likely N-dealkylation sites (tertiary alicyclic amines) is 1. The molecule has 2 heterocycles. The van der Waals surface area contributed by atoms with Gasteiger partial charge in [0.1, 0.15) is 0 Å². The fourth-order valence-corrected chi connectivity index (χ4v) is 4.87. The van der Waals surface area contributed by atoms with Crippen molar-refractivity contribution in [3.05, 3.63) is 30.3 Å². The molecular formula is C18H27N3O3S. The Morgan fingerprint density at radius 3 is 2.20 bits per heavy atom. The molecule has 2 aliphatic rings. The van der Waals surface area contributed by atoms with Gasteiger partial charge in [0.25, 0.3) is 0 Å². The van der Waals surface area contributed by atoms with E-state index >= 15 is 0 Å². The number of carbonyl (C=O) groups excluding carboxylic acids is 1. The summed E-state index contributed by atoms with van der Waals surface area (Å²) in [6, 6.07) is 8.49. The minimum absolute atomic E-state index is 0.117. The van der Waals surface area contributed by atoms with E-state index in [1.165, 1.54) is 4.31 Å². The summed E-state index contributed by atoms with van der Waals surface area (Å²) in [7, 11) is -3.46. The molecule has 0 N–H and O–H groups in total. The van der Waals surface area contributed by atoms with Crippen LogP contribution in [0.3, 0.4) is 0 Å². The van der Waals surface area contributed by atoms with Crippen LogP contribution in [0, 0.1) is 5.92 Å². The molecule has 25 heavy (non-hydrogen) atoms. The molecule has 138 valence electrons. The van der Waals surface area contributed by atoms with Crippen LogP contribution in [0.2, 0.25) is 0 Å². The number of rotatable bonds is 4. The van der Waals surface area contributed by atoms with E-state index in [-0.39, 0.29) is 5.91 Å². The Morgan fingerprint density at radius 2 is 1.60 bits per heavy atom. The Kier molecular flexibility index (Phi) is 5.76. The molecule has 1 aromatic carbocycles. The van der Waals surface area contributed by atoms with Gasteiger partial charge in [0.15, 0.2) is 0 Å². The topological polar surface area (TPSA) is 60.9 Å². The zero-order valence-corrected chi connectivity index (χ0v) is 15.6. The largest absolute Gasteiger partial charge is 0.339 e. The second kappa shape index (κ2) is 7.85. The molecule has 2 aliphatic heterocycles. The molecule has 0 spiro atoms. The molecule has 0 bridgehead atoms. The molecule has 0 aromatic heterocycles. The monoisotopic (exact) mass is 365 g/mol. The zero-order valence-electron chi connectivity index (χ0n) is 14.8. The molecule has 2 fully saturated rings. The summed E-state index contributed by atoms with van der Waals surface area (Å²) in [5.41, 5.74) is 0. The maximum atomic E-state index is 12.6. The highest BCUT2D eigenvalue weighted by atomic mass is 32.2. The maximum Gasteiger partial charge on any atom is 0.243 e. The molecule has 3 rings (SSSR count). The molecule has 1 amide bonds. The predicted octanol–water partition coefficient (Wildman–Crippen LogP) is 1.25. The summed E-state index contributed by atoms with van der Waals surface area (Å²) in [6.07, 6.45) is 2.30. The van der Waals surface area contributed by atoms with E-state index in [9.17, 15) is 13.2 Å². The molecule has 0 radical (unpaired) electrons. The summed E-state index contributed by atoms with van der Waals surface area (Å²) < 4.78 is 26.7. The molecule has 2 saturated heterocycles. The zero-order chi connectivity index (χ0) is 17.9. The van der Waals surface area contributed by atoms with Gasteiger partial charge >= 0.3 is 0 Å². The van der Waals surface area contributed by atoms with Crippen molar-refractivity contribution in [1.82, 2.24) is 14.1 Å². The normalized spacial score (nSPS) is 21.4. The molecule has 0 aliphatic carbocycles. The van der Waals surface area contributed by atoms with Crippen molar-refractivity contribution in [1.29, 1.82) is 0 Å². The van der Waals surface area contributed by atoms with Crippen molar-refractivity contribution >= 4 is 15.9 Å². The molecule has 0 atom stereocenters. The van der Waals surface area contributed by atoms with Crippen LogP contribution < -0.4 is 0 Å². The third-order valence-electron chi connectivity index (χ3n) is 5.21. The number of carbonyl (C=O) groups is 1. The Labute approximate surface area is 150 Å². The van der Waals surface area contributed by atoms with Crippen LogP contribution in [0.5, 0.6) is 0 Å². The third-order valence-corrected chi connectivity index (χ3v) is 7.12. The number of hydrogen-bond acceptors (Lipinski definition) is 4.